The van der Waals surface area contributed by atoms with Gasteiger partial charge < -0.3 is 24.3 Å². The summed E-state index contributed by atoms with van der Waals surface area (Å²) in [5, 5.41) is 12.3. The number of ether oxygens (including phenoxy) is 4. The number of anilines is 1. The first-order valence-electron chi connectivity index (χ1n) is 13.6. The number of aromatic nitrogens is 3. The number of halogens is 1. The number of ketones is 1. The van der Waals surface area contributed by atoms with Gasteiger partial charge in [-0.3, -0.25) is 28.5 Å². The molecule has 2 heterocycles. The molecule has 1 N–H and O–H groups in total. The topological polar surface area (TPSA) is 165 Å². The minimum Gasteiger partial charge on any atom is -0.462 e. The summed E-state index contributed by atoms with van der Waals surface area (Å²) in [6, 6.07) is 6.10. The van der Waals surface area contributed by atoms with Crippen molar-refractivity contribution in [2.75, 3.05) is 11.9 Å². The van der Waals surface area contributed by atoms with Crippen LogP contribution in [0.25, 0.3) is 0 Å². The molecule has 14 heteroatoms. The molecule has 13 nitrogen and oxygen atoms in total. The van der Waals surface area contributed by atoms with Crippen LogP contribution in [0.4, 0.5) is 5.95 Å². The number of hydrogen-bond acceptors (Lipinski definition) is 12. The highest BCUT2D eigenvalue weighted by Gasteiger charge is 2.47. The second kappa shape index (κ2) is 12.5. The van der Waals surface area contributed by atoms with Crippen LogP contribution in [0.15, 0.2) is 35.5 Å². The van der Waals surface area contributed by atoms with Crippen molar-refractivity contribution in [3.05, 3.63) is 51.9 Å². The molecule has 1 aromatic heterocycles. The standard InChI is InChI=1S/C29H33ClN4O9/c1-14(35)40-13-22(41-15(2)36)25(42-16(3)37)26(43-17(4)38)27-32-33-28-31-20-11-29(5,6)12-21(39)23(20)24(34(27)28)18-7-9-19(30)10-8-18/h7-10,22,24-26H,11-13H2,1-6H3,(H,31,33)/t22-,24?,25-,26+/m1/s1. The van der Waals surface area contributed by atoms with Crippen LogP contribution in [-0.2, 0) is 42.9 Å². The maximum atomic E-state index is 13.7. The molecule has 0 saturated heterocycles. The highest BCUT2D eigenvalue weighted by molar-refractivity contribution is 6.30. The Bertz CT molecular complexity index is 1480. The highest BCUT2D eigenvalue weighted by Crippen LogP contribution is 2.47. The van der Waals surface area contributed by atoms with E-state index in [4.69, 9.17) is 30.5 Å². The quantitative estimate of drug-likeness (QED) is 0.322. The molecular weight excluding hydrogens is 584 g/mol. The van der Waals surface area contributed by atoms with Crippen molar-refractivity contribution >= 4 is 47.2 Å². The first-order valence-corrected chi connectivity index (χ1v) is 13.9. The fraction of sp³-hybridized carbons (Fsp3) is 0.483. The van der Waals surface area contributed by atoms with Crippen LogP contribution < -0.4 is 5.32 Å². The molecule has 0 amide bonds. The van der Waals surface area contributed by atoms with E-state index in [1.807, 2.05) is 13.8 Å². The van der Waals surface area contributed by atoms with Gasteiger partial charge in [0.15, 0.2) is 23.8 Å². The van der Waals surface area contributed by atoms with Gasteiger partial charge in [0.1, 0.15) is 6.61 Å². The third-order valence-corrected chi connectivity index (χ3v) is 7.16. The molecule has 1 unspecified atom stereocenters. The average molecular weight is 617 g/mol. The van der Waals surface area contributed by atoms with Crippen LogP contribution in [0.5, 0.6) is 0 Å². The molecule has 0 fully saturated rings. The Labute approximate surface area is 252 Å². The molecule has 1 aliphatic carbocycles. The molecule has 43 heavy (non-hydrogen) atoms. The number of rotatable bonds is 9. The zero-order valence-electron chi connectivity index (χ0n) is 24.6. The van der Waals surface area contributed by atoms with Crippen molar-refractivity contribution in [3.8, 4) is 0 Å². The van der Waals surface area contributed by atoms with E-state index in [2.05, 4.69) is 15.5 Å². The maximum Gasteiger partial charge on any atom is 0.303 e. The zero-order valence-corrected chi connectivity index (χ0v) is 25.4. The Morgan fingerprint density at radius 3 is 2.16 bits per heavy atom. The Morgan fingerprint density at radius 1 is 0.953 bits per heavy atom. The molecule has 230 valence electrons. The molecule has 4 atom stereocenters. The van der Waals surface area contributed by atoms with Crippen molar-refractivity contribution < 1.29 is 42.9 Å². The number of allylic oxidation sites excluding steroid dienone is 2. The normalized spacial score (nSPS) is 19.1. The van der Waals surface area contributed by atoms with E-state index in [0.29, 0.717) is 28.3 Å². The van der Waals surface area contributed by atoms with Crippen LogP contribution in [0.1, 0.15) is 77.9 Å². The van der Waals surface area contributed by atoms with Gasteiger partial charge in [-0.15, -0.1) is 10.2 Å². The summed E-state index contributed by atoms with van der Waals surface area (Å²) in [6.45, 7) is 8.00. The van der Waals surface area contributed by atoms with Gasteiger partial charge in [-0.05, 0) is 29.5 Å². The number of hydrogen-bond donors (Lipinski definition) is 1. The van der Waals surface area contributed by atoms with E-state index in [9.17, 15) is 24.0 Å². The Kier molecular flexibility index (Phi) is 9.24. The predicted molar refractivity (Wildman–Crippen MR) is 151 cm³/mol. The predicted octanol–water partition coefficient (Wildman–Crippen LogP) is 3.62. The van der Waals surface area contributed by atoms with E-state index in [-0.39, 0.29) is 29.4 Å². The second-order valence-electron chi connectivity index (χ2n) is 11.2. The monoisotopic (exact) mass is 616 g/mol. The lowest BCUT2D eigenvalue weighted by Gasteiger charge is -2.40. The molecule has 0 spiro atoms. The number of esters is 4. The lowest BCUT2D eigenvalue weighted by Crippen LogP contribution is -2.45. The van der Waals surface area contributed by atoms with Crippen LogP contribution in [0.3, 0.4) is 0 Å². The molecule has 0 bridgehead atoms. The van der Waals surface area contributed by atoms with Gasteiger partial charge in [0.2, 0.25) is 12.1 Å². The van der Waals surface area contributed by atoms with Crippen LogP contribution in [0.2, 0.25) is 5.02 Å². The summed E-state index contributed by atoms with van der Waals surface area (Å²) in [5.74, 6) is -2.93. The molecule has 1 aliphatic heterocycles. The first kappa shape index (κ1) is 31.7. The van der Waals surface area contributed by atoms with Crippen molar-refractivity contribution in [1.29, 1.82) is 0 Å². The lowest BCUT2D eigenvalue weighted by atomic mass is 9.73. The van der Waals surface area contributed by atoms with Crippen LogP contribution >= 0.6 is 11.6 Å². The smallest absolute Gasteiger partial charge is 0.303 e. The third kappa shape index (κ3) is 7.22. The SMILES string of the molecule is CC(=O)OC[C@@H](OC(C)=O)[C@@H](OC(C)=O)[C@H](OC(C)=O)c1nnc2n1C(c1ccc(Cl)cc1)C1=C(CC(C)(C)CC1=O)N2. The van der Waals surface area contributed by atoms with E-state index in [0.717, 1.165) is 27.7 Å². The molecule has 0 saturated carbocycles. The third-order valence-electron chi connectivity index (χ3n) is 6.90. The lowest BCUT2D eigenvalue weighted by molar-refractivity contribution is -0.190. The fourth-order valence-corrected chi connectivity index (χ4v) is 5.53. The molecule has 1 aromatic carbocycles. The molecule has 4 rings (SSSR count). The minimum atomic E-state index is -1.53. The Morgan fingerprint density at radius 2 is 1.58 bits per heavy atom. The number of carbonyl (C=O) groups excluding carboxylic acids is 5. The zero-order chi connectivity index (χ0) is 31.6. The van der Waals surface area contributed by atoms with E-state index in [1.165, 1.54) is 0 Å². The van der Waals surface area contributed by atoms with Crippen LogP contribution in [0, 0.1) is 5.41 Å². The maximum absolute atomic E-state index is 13.7. The molecule has 2 aromatic rings. The van der Waals surface area contributed by atoms with Gasteiger partial charge >= 0.3 is 23.9 Å². The summed E-state index contributed by atoms with van der Waals surface area (Å²) in [5.41, 5.74) is 1.50. The first-order chi connectivity index (χ1) is 20.2. The summed E-state index contributed by atoms with van der Waals surface area (Å²) in [4.78, 5) is 62.2. The van der Waals surface area contributed by atoms with Crippen molar-refractivity contribution in [1.82, 2.24) is 14.8 Å². The van der Waals surface area contributed by atoms with Crippen molar-refractivity contribution in [3.63, 3.8) is 0 Å². The summed E-state index contributed by atoms with van der Waals surface area (Å²) in [7, 11) is 0. The van der Waals surface area contributed by atoms with Gasteiger partial charge in [-0.2, -0.15) is 0 Å². The van der Waals surface area contributed by atoms with Crippen LogP contribution in [-0.4, -0.2) is 63.2 Å². The van der Waals surface area contributed by atoms with Crippen molar-refractivity contribution in [2.45, 2.75) is 78.7 Å². The second-order valence-corrected chi connectivity index (χ2v) is 11.7. The Hall–Kier alpha value is -4.26. The number of Topliss-reactive ketones (excluding diaryl/α,β-unsaturated/α-hetero) is 1. The van der Waals surface area contributed by atoms with Gasteiger partial charge in [-0.25, -0.2) is 0 Å². The summed E-state index contributed by atoms with van der Waals surface area (Å²) in [6.07, 6.45) is -3.61. The van der Waals surface area contributed by atoms with Gasteiger partial charge in [0, 0.05) is 50.4 Å². The van der Waals surface area contributed by atoms with E-state index >= 15 is 0 Å². The minimum absolute atomic E-state index is 0.0203. The van der Waals surface area contributed by atoms with Gasteiger partial charge in [0.05, 0.1) is 6.04 Å². The summed E-state index contributed by atoms with van der Waals surface area (Å²) >= 11 is 6.18. The number of nitrogens with zero attached hydrogens (tertiary/aromatic N) is 3. The van der Waals surface area contributed by atoms with Gasteiger partial charge in [0.25, 0.3) is 0 Å². The fourth-order valence-electron chi connectivity index (χ4n) is 5.40. The largest absolute Gasteiger partial charge is 0.462 e. The Balaban J connectivity index is 1.93. The number of fused-ring (bicyclic) bond motifs is 1. The molecule has 2 aliphatic rings. The highest BCUT2D eigenvalue weighted by atomic mass is 35.5. The summed E-state index contributed by atoms with van der Waals surface area (Å²) < 4.78 is 23.3. The number of benzene rings is 1. The number of nitrogens with one attached hydrogen (secondary N) is 1. The van der Waals surface area contributed by atoms with Gasteiger partial charge in [-0.1, -0.05) is 37.6 Å². The van der Waals surface area contributed by atoms with E-state index < -0.39 is 54.8 Å². The molecule has 0 radical (unpaired) electrons. The van der Waals surface area contributed by atoms with Crippen molar-refractivity contribution in [2.24, 2.45) is 5.41 Å². The number of carbonyl (C=O) groups is 5. The van der Waals surface area contributed by atoms with E-state index in [1.54, 1.807) is 28.8 Å². The molecular formula is C29H33ClN4O9. The average Bonchev–Trinajstić information content (AvgIpc) is 3.30.